The van der Waals surface area contributed by atoms with Crippen LogP contribution in [0, 0.1) is 0 Å². The fraction of sp³-hybridized carbons (Fsp3) is 0.294. The van der Waals surface area contributed by atoms with Crippen LogP contribution < -0.4 is 5.32 Å². The van der Waals surface area contributed by atoms with Gasteiger partial charge in [0.2, 0.25) is 0 Å². The third-order valence-corrected chi connectivity index (χ3v) is 5.33. The molecule has 1 atom stereocenters. The molecule has 2 aromatic carbocycles. The Bertz CT molecular complexity index is 681. The van der Waals surface area contributed by atoms with E-state index >= 15 is 0 Å². The van der Waals surface area contributed by atoms with Gasteiger partial charge >= 0.3 is 0 Å². The van der Waals surface area contributed by atoms with Crippen molar-refractivity contribution >= 4 is 15.5 Å². The Kier molecular flexibility index (Phi) is 5.02. The lowest BCUT2D eigenvalue weighted by Crippen LogP contribution is -2.13. The average molecular weight is 303 g/mol. The number of nitrogens with one attached hydrogen (secondary N) is 1. The van der Waals surface area contributed by atoms with E-state index in [0.29, 0.717) is 10.6 Å². The highest BCUT2D eigenvalue weighted by Gasteiger charge is 2.18. The average Bonchev–Trinajstić information content (AvgIpc) is 2.53. The standard InChI is InChI=1S/C17H21NO2S/c1-3-15(14-10-6-5-7-11-14)18-16-12-8-9-13-17(16)21(19,20)4-2/h5-13,15,18H,3-4H2,1-2H3. The van der Waals surface area contributed by atoms with Gasteiger partial charge in [0.1, 0.15) is 0 Å². The van der Waals surface area contributed by atoms with Crippen LogP contribution in [0.25, 0.3) is 0 Å². The van der Waals surface area contributed by atoms with Gasteiger partial charge in [-0.2, -0.15) is 0 Å². The monoisotopic (exact) mass is 303 g/mol. The van der Waals surface area contributed by atoms with E-state index in [0.717, 1.165) is 12.0 Å². The van der Waals surface area contributed by atoms with E-state index in [-0.39, 0.29) is 11.8 Å². The van der Waals surface area contributed by atoms with Gasteiger partial charge in [-0.05, 0) is 24.1 Å². The first-order chi connectivity index (χ1) is 10.1. The largest absolute Gasteiger partial charge is 0.377 e. The zero-order valence-corrected chi connectivity index (χ0v) is 13.2. The van der Waals surface area contributed by atoms with Crippen molar-refractivity contribution < 1.29 is 8.42 Å². The summed E-state index contributed by atoms with van der Waals surface area (Å²) in [6.45, 7) is 3.75. The van der Waals surface area contributed by atoms with Crippen LogP contribution >= 0.6 is 0 Å². The van der Waals surface area contributed by atoms with E-state index in [4.69, 9.17) is 0 Å². The summed E-state index contributed by atoms with van der Waals surface area (Å²) in [6, 6.07) is 17.3. The zero-order valence-electron chi connectivity index (χ0n) is 12.4. The zero-order chi connectivity index (χ0) is 15.3. The van der Waals surface area contributed by atoms with Gasteiger partial charge in [-0.15, -0.1) is 0 Å². The molecule has 1 N–H and O–H groups in total. The van der Waals surface area contributed by atoms with Crippen molar-refractivity contribution in [1.82, 2.24) is 0 Å². The van der Waals surface area contributed by atoms with Gasteiger partial charge in [-0.1, -0.05) is 56.3 Å². The first kappa shape index (κ1) is 15.6. The highest BCUT2D eigenvalue weighted by Crippen LogP contribution is 2.28. The highest BCUT2D eigenvalue weighted by atomic mass is 32.2. The van der Waals surface area contributed by atoms with Gasteiger partial charge in [-0.3, -0.25) is 0 Å². The van der Waals surface area contributed by atoms with E-state index in [2.05, 4.69) is 24.4 Å². The minimum absolute atomic E-state index is 0.0967. The minimum Gasteiger partial charge on any atom is -0.377 e. The normalized spacial score (nSPS) is 12.9. The molecule has 0 bridgehead atoms. The van der Waals surface area contributed by atoms with Crippen LogP contribution in [-0.2, 0) is 9.84 Å². The Morgan fingerprint density at radius 3 is 2.19 bits per heavy atom. The van der Waals surface area contributed by atoms with Crippen molar-refractivity contribution in [1.29, 1.82) is 0 Å². The van der Waals surface area contributed by atoms with Crippen molar-refractivity contribution in [3.05, 3.63) is 60.2 Å². The summed E-state index contributed by atoms with van der Waals surface area (Å²) >= 11 is 0. The van der Waals surface area contributed by atoms with E-state index in [1.54, 1.807) is 19.1 Å². The smallest absolute Gasteiger partial charge is 0.180 e. The number of rotatable bonds is 6. The molecule has 0 saturated heterocycles. The summed E-state index contributed by atoms with van der Waals surface area (Å²) in [4.78, 5) is 0.377. The number of hydrogen-bond donors (Lipinski definition) is 1. The summed E-state index contributed by atoms with van der Waals surface area (Å²) < 4.78 is 24.4. The summed E-state index contributed by atoms with van der Waals surface area (Å²) in [7, 11) is -3.23. The Morgan fingerprint density at radius 2 is 1.57 bits per heavy atom. The molecular formula is C17H21NO2S. The van der Waals surface area contributed by atoms with Crippen LogP contribution in [0.4, 0.5) is 5.69 Å². The molecule has 0 fully saturated rings. The first-order valence-corrected chi connectivity index (χ1v) is 8.87. The molecule has 112 valence electrons. The van der Waals surface area contributed by atoms with Crippen molar-refractivity contribution in [3.63, 3.8) is 0 Å². The van der Waals surface area contributed by atoms with Crippen LogP contribution in [0.15, 0.2) is 59.5 Å². The van der Waals surface area contributed by atoms with Crippen LogP contribution in [-0.4, -0.2) is 14.2 Å². The van der Waals surface area contributed by atoms with Crippen molar-refractivity contribution in [2.45, 2.75) is 31.2 Å². The molecule has 4 heteroatoms. The van der Waals surface area contributed by atoms with E-state index in [9.17, 15) is 8.42 Å². The fourth-order valence-corrected chi connectivity index (χ4v) is 3.37. The van der Waals surface area contributed by atoms with Crippen LogP contribution in [0.5, 0.6) is 0 Å². The maximum absolute atomic E-state index is 12.2. The highest BCUT2D eigenvalue weighted by molar-refractivity contribution is 7.91. The Balaban J connectivity index is 2.35. The van der Waals surface area contributed by atoms with Crippen LogP contribution in [0.1, 0.15) is 31.9 Å². The lowest BCUT2D eigenvalue weighted by molar-refractivity contribution is 0.597. The summed E-state index contributed by atoms with van der Waals surface area (Å²) in [5.74, 6) is 0.105. The minimum atomic E-state index is -3.23. The van der Waals surface area contributed by atoms with Gasteiger partial charge in [0.25, 0.3) is 0 Å². The van der Waals surface area contributed by atoms with E-state index < -0.39 is 9.84 Å². The van der Waals surface area contributed by atoms with Gasteiger partial charge in [0, 0.05) is 0 Å². The number of benzene rings is 2. The lowest BCUT2D eigenvalue weighted by Gasteiger charge is -2.20. The second kappa shape index (κ2) is 6.76. The molecule has 2 aromatic rings. The number of sulfone groups is 1. The molecule has 2 rings (SSSR count). The topological polar surface area (TPSA) is 46.2 Å². The molecule has 0 heterocycles. The van der Waals surface area contributed by atoms with E-state index in [1.807, 2.05) is 30.3 Å². The van der Waals surface area contributed by atoms with Gasteiger partial charge in [-0.25, -0.2) is 8.42 Å². The Morgan fingerprint density at radius 1 is 0.952 bits per heavy atom. The van der Waals surface area contributed by atoms with E-state index in [1.165, 1.54) is 0 Å². The number of anilines is 1. The number of hydrogen-bond acceptors (Lipinski definition) is 3. The number of para-hydroxylation sites is 1. The van der Waals surface area contributed by atoms with Gasteiger partial charge in [0.15, 0.2) is 9.84 Å². The predicted molar refractivity (Wildman–Crippen MR) is 87.3 cm³/mol. The second-order valence-corrected chi connectivity index (χ2v) is 7.16. The molecule has 0 aliphatic heterocycles. The molecule has 21 heavy (non-hydrogen) atoms. The third kappa shape index (κ3) is 3.64. The predicted octanol–water partition coefficient (Wildman–Crippen LogP) is 4.04. The Labute approximate surface area is 126 Å². The summed E-state index contributed by atoms with van der Waals surface area (Å²) in [5.41, 5.74) is 1.83. The molecule has 1 unspecified atom stereocenters. The molecule has 0 amide bonds. The Hall–Kier alpha value is -1.81. The fourth-order valence-electron chi connectivity index (χ4n) is 2.31. The van der Waals surface area contributed by atoms with Crippen molar-refractivity contribution in [3.8, 4) is 0 Å². The molecule has 0 aromatic heterocycles. The molecule has 3 nitrogen and oxygen atoms in total. The maximum Gasteiger partial charge on any atom is 0.180 e. The summed E-state index contributed by atoms with van der Waals surface area (Å²) in [6.07, 6.45) is 0.879. The quantitative estimate of drug-likeness (QED) is 0.876. The third-order valence-electron chi connectivity index (χ3n) is 3.54. The molecule has 0 radical (unpaired) electrons. The van der Waals surface area contributed by atoms with Crippen molar-refractivity contribution in [2.24, 2.45) is 0 Å². The van der Waals surface area contributed by atoms with Crippen LogP contribution in [0.3, 0.4) is 0 Å². The van der Waals surface area contributed by atoms with Crippen LogP contribution in [0.2, 0.25) is 0 Å². The van der Waals surface area contributed by atoms with Gasteiger partial charge < -0.3 is 5.32 Å². The first-order valence-electron chi connectivity index (χ1n) is 7.21. The second-order valence-electron chi connectivity index (χ2n) is 4.92. The molecule has 0 aliphatic rings. The van der Waals surface area contributed by atoms with Crippen molar-refractivity contribution in [2.75, 3.05) is 11.1 Å². The maximum atomic E-state index is 12.2. The molecule has 0 spiro atoms. The molecule has 0 saturated carbocycles. The SMILES string of the molecule is CCC(Nc1ccccc1S(=O)(=O)CC)c1ccccc1. The molecule has 0 aliphatic carbocycles. The molecular weight excluding hydrogens is 282 g/mol. The summed E-state index contributed by atoms with van der Waals surface area (Å²) in [5, 5.41) is 3.37. The van der Waals surface area contributed by atoms with Gasteiger partial charge in [0.05, 0.1) is 22.4 Å². The lowest BCUT2D eigenvalue weighted by atomic mass is 10.0.